The number of halogens is 1. The van der Waals surface area contributed by atoms with Crippen molar-refractivity contribution in [3.05, 3.63) is 64.4 Å². The lowest BCUT2D eigenvalue weighted by Crippen LogP contribution is -2.23. The molecule has 0 aliphatic rings. The van der Waals surface area contributed by atoms with Crippen LogP contribution in [0.1, 0.15) is 26.3 Å². The first-order valence-electron chi connectivity index (χ1n) is 5.78. The molecule has 5 nitrogen and oxygen atoms in total. The molecule has 0 fully saturated rings. The highest BCUT2D eigenvalue weighted by Crippen LogP contribution is 2.13. The van der Waals surface area contributed by atoms with Crippen molar-refractivity contribution in [2.75, 3.05) is 0 Å². The molecule has 2 N–H and O–H groups in total. The number of carbonyl (C=O) groups is 2. The van der Waals surface area contributed by atoms with E-state index in [1.54, 1.807) is 12.1 Å². The maximum Gasteiger partial charge on any atom is 0.335 e. The molecule has 0 bridgehead atoms. The Morgan fingerprint density at radius 1 is 1.30 bits per heavy atom. The molecule has 102 valence electrons. The van der Waals surface area contributed by atoms with Crippen molar-refractivity contribution in [3.63, 3.8) is 0 Å². The molecule has 0 aliphatic carbocycles. The van der Waals surface area contributed by atoms with E-state index in [-0.39, 0.29) is 23.6 Å². The normalized spacial score (nSPS) is 10.1. The van der Waals surface area contributed by atoms with Crippen molar-refractivity contribution in [1.29, 1.82) is 0 Å². The molecule has 0 saturated carbocycles. The molecule has 0 saturated heterocycles. The first kappa shape index (κ1) is 14.0. The Hall–Kier alpha value is -2.40. The molecule has 6 heteroatoms. The van der Waals surface area contributed by atoms with E-state index in [4.69, 9.17) is 16.7 Å². The predicted molar refractivity (Wildman–Crippen MR) is 73.8 cm³/mol. The number of carboxylic acid groups (broad SMARTS) is 1. The van der Waals surface area contributed by atoms with E-state index in [9.17, 15) is 9.59 Å². The molecule has 2 aromatic rings. The molecular formula is C14H11ClN2O3. The van der Waals surface area contributed by atoms with Crippen LogP contribution in [0.3, 0.4) is 0 Å². The Bertz CT molecular complexity index is 658. The molecule has 0 aliphatic heterocycles. The minimum absolute atomic E-state index is 0.177. The molecule has 0 unspecified atom stereocenters. The molecule has 1 amide bonds. The summed E-state index contributed by atoms with van der Waals surface area (Å²) < 4.78 is 0. The van der Waals surface area contributed by atoms with E-state index in [1.165, 1.54) is 30.6 Å². The highest BCUT2D eigenvalue weighted by Gasteiger charge is 2.10. The molecule has 20 heavy (non-hydrogen) atoms. The summed E-state index contributed by atoms with van der Waals surface area (Å²) in [5, 5.41) is 11.9. The number of nitrogens with zero attached hydrogens (tertiary/aromatic N) is 1. The summed E-state index contributed by atoms with van der Waals surface area (Å²) in [5.74, 6) is -1.36. The average molecular weight is 291 g/mol. The molecule has 0 spiro atoms. The van der Waals surface area contributed by atoms with Crippen LogP contribution in [0.2, 0.25) is 5.02 Å². The Kier molecular flexibility index (Phi) is 4.32. The van der Waals surface area contributed by atoms with E-state index >= 15 is 0 Å². The third kappa shape index (κ3) is 3.33. The number of hydrogen-bond acceptors (Lipinski definition) is 3. The van der Waals surface area contributed by atoms with Crippen LogP contribution in [0, 0.1) is 0 Å². The monoisotopic (exact) mass is 290 g/mol. The lowest BCUT2D eigenvalue weighted by Gasteiger charge is -2.07. The second-order valence-electron chi connectivity index (χ2n) is 4.04. The fourth-order valence-corrected chi connectivity index (χ4v) is 1.83. The van der Waals surface area contributed by atoms with Crippen molar-refractivity contribution < 1.29 is 14.7 Å². The highest BCUT2D eigenvalue weighted by atomic mass is 35.5. The number of rotatable bonds is 4. The summed E-state index contributed by atoms with van der Waals surface area (Å²) in [7, 11) is 0. The van der Waals surface area contributed by atoms with Gasteiger partial charge in [-0.05, 0) is 23.8 Å². The van der Waals surface area contributed by atoms with Crippen molar-refractivity contribution in [2.24, 2.45) is 0 Å². The smallest absolute Gasteiger partial charge is 0.335 e. The maximum atomic E-state index is 11.9. The SMILES string of the molecule is O=C(O)c1cccc(CNC(=O)c2cnccc2Cl)c1. The van der Waals surface area contributed by atoms with Crippen molar-refractivity contribution in [3.8, 4) is 0 Å². The van der Waals surface area contributed by atoms with Gasteiger partial charge in [-0.25, -0.2) is 4.79 Å². The van der Waals surface area contributed by atoms with Crippen molar-refractivity contribution >= 4 is 23.5 Å². The lowest BCUT2D eigenvalue weighted by molar-refractivity contribution is 0.0696. The first-order valence-corrected chi connectivity index (χ1v) is 6.15. The van der Waals surface area contributed by atoms with Crippen LogP contribution in [0.4, 0.5) is 0 Å². The second-order valence-corrected chi connectivity index (χ2v) is 4.45. The predicted octanol–water partition coefficient (Wildman–Crippen LogP) is 2.36. The second kappa shape index (κ2) is 6.16. The Morgan fingerprint density at radius 2 is 2.10 bits per heavy atom. The zero-order chi connectivity index (χ0) is 14.5. The van der Waals surface area contributed by atoms with E-state index in [0.29, 0.717) is 10.6 Å². The fourth-order valence-electron chi connectivity index (χ4n) is 1.64. The Balaban J connectivity index is 2.06. The zero-order valence-corrected chi connectivity index (χ0v) is 11.1. The van der Waals surface area contributed by atoms with Gasteiger partial charge in [-0.1, -0.05) is 23.7 Å². The molecule has 0 atom stereocenters. The average Bonchev–Trinajstić information content (AvgIpc) is 2.45. The minimum atomic E-state index is -1.01. The lowest BCUT2D eigenvalue weighted by atomic mass is 10.1. The summed E-state index contributed by atoms with van der Waals surface area (Å²) in [6, 6.07) is 7.89. The third-order valence-electron chi connectivity index (χ3n) is 2.64. The first-order chi connectivity index (χ1) is 9.58. The van der Waals surface area contributed by atoms with Gasteiger partial charge in [0.1, 0.15) is 0 Å². The van der Waals surface area contributed by atoms with E-state index in [1.807, 2.05) is 0 Å². The number of hydrogen-bond donors (Lipinski definition) is 2. The van der Waals surface area contributed by atoms with Crippen LogP contribution >= 0.6 is 11.6 Å². The highest BCUT2D eigenvalue weighted by molar-refractivity contribution is 6.33. The number of amides is 1. The largest absolute Gasteiger partial charge is 0.478 e. The van der Waals surface area contributed by atoms with Crippen LogP contribution in [0.15, 0.2) is 42.7 Å². The van der Waals surface area contributed by atoms with Crippen LogP contribution in [-0.4, -0.2) is 22.0 Å². The van der Waals surface area contributed by atoms with Gasteiger partial charge in [0.2, 0.25) is 0 Å². The maximum absolute atomic E-state index is 11.9. The van der Waals surface area contributed by atoms with Gasteiger partial charge < -0.3 is 10.4 Å². The number of carboxylic acids is 1. The quantitative estimate of drug-likeness (QED) is 0.906. The molecule has 1 heterocycles. The Morgan fingerprint density at radius 3 is 2.80 bits per heavy atom. The number of benzene rings is 1. The van der Waals surface area contributed by atoms with Gasteiger partial charge >= 0.3 is 5.97 Å². The summed E-state index contributed by atoms with van der Waals surface area (Å²) in [4.78, 5) is 26.6. The van der Waals surface area contributed by atoms with Gasteiger partial charge in [0.05, 0.1) is 16.1 Å². The Labute approximate surface area is 120 Å². The topological polar surface area (TPSA) is 79.3 Å². The zero-order valence-electron chi connectivity index (χ0n) is 10.3. The summed E-state index contributed by atoms with van der Waals surface area (Å²) in [6.45, 7) is 0.213. The van der Waals surface area contributed by atoms with Gasteiger partial charge in [-0.2, -0.15) is 0 Å². The number of aromatic carboxylic acids is 1. The number of aromatic nitrogens is 1. The number of pyridine rings is 1. The number of nitrogens with one attached hydrogen (secondary N) is 1. The van der Waals surface area contributed by atoms with Crippen LogP contribution in [0.5, 0.6) is 0 Å². The summed E-state index contributed by atoms with van der Waals surface area (Å²) in [6.07, 6.45) is 2.88. The standard InChI is InChI=1S/C14H11ClN2O3/c15-12-4-5-16-8-11(12)13(18)17-7-9-2-1-3-10(6-9)14(19)20/h1-6,8H,7H2,(H,17,18)(H,19,20). The molecule has 2 rings (SSSR count). The summed E-state index contributed by atoms with van der Waals surface area (Å²) >= 11 is 5.89. The van der Waals surface area contributed by atoms with Gasteiger partial charge in [-0.15, -0.1) is 0 Å². The van der Waals surface area contributed by atoms with E-state index in [2.05, 4.69) is 10.3 Å². The molecule has 1 aromatic heterocycles. The summed E-state index contributed by atoms with van der Waals surface area (Å²) in [5.41, 5.74) is 1.15. The van der Waals surface area contributed by atoms with Crippen LogP contribution < -0.4 is 5.32 Å². The fraction of sp³-hybridized carbons (Fsp3) is 0.0714. The van der Waals surface area contributed by atoms with Gasteiger partial charge in [0.15, 0.2) is 0 Å². The van der Waals surface area contributed by atoms with Crippen molar-refractivity contribution in [1.82, 2.24) is 10.3 Å². The van der Waals surface area contributed by atoms with E-state index < -0.39 is 5.97 Å². The van der Waals surface area contributed by atoms with Gasteiger partial charge in [-0.3, -0.25) is 9.78 Å². The van der Waals surface area contributed by atoms with Gasteiger partial charge in [0.25, 0.3) is 5.91 Å². The van der Waals surface area contributed by atoms with E-state index in [0.717, 1.165) is 0 Å². The van der Waals surface area contributed by atoms with Gasteiger partial charge in [0, 0.05) is 18.9 Å². The van der Waals surface area contributed by atoms with Crippen molar-refractivity contribution in [2.45, 2.75) is 6.54 Å². The third-order valence-corrected chi connectivity index (χ3v) is 2.97. The molecule has 0 radical (unpaired) electrons. The molecular weight excluding hydrogens is 280 g/mol. The molecule has 1 aromatic carbocycles. The minimum Gasteiger partial charge on any atom is -0.478 e. The number of carbonyl (C=O) groups excluding carboxylic acids is 1. The van der Waals surface area contributed by atoms with Crippen LogP contribution in [-0.2, 0) is 6.54 Å². The van der Waals surface area contributed by atoms with Crippen LogP contribution in [0.25, 0.3) is 0 Å².